The molecule has 2 aromatic carbocycles. The lowest BCUT2D eigenvalue weighted by molar-refractivity contribution is -0.742. The molecule has 4 rings (SSSR count). The van der Waals surface area contributed by atoms with Crippen LogP contribution in [0.1, 0.15) is 11.1 Å². The van der Waals surface area contributed by atoms with Crippen molar-refractivity contribution in [3.63, 3.8) is 0 Å². The van der Waals surface area contributed by atoms with E-state index in [-0.39, 0.29) is 6.10 Å². The summed E-state index contributed by atoms with van der Waals surface area (Å²) in [7, 11) is 1.64. The molecule has 1 fully saturated rings. The third-order valence-corrected chi connectivity index (χ3v) is 5.32. The van der Waals surface area contributed by atoms with Gasteiger partial charge in [-0.15, -0.1) is 10.1 Å². The van der Waals surface area contributed by atoms with E-state index in [1.165, 1.54) is 6.33 Å². The minimum Gasteiger partial charge on any atom is -0.497 e. The van der Waals surface area contributed by atoms with E-state index in [9.17, 15) is 0 Å². The van der Waals surface area contributed by atoms with E-state index in [0.717, 1.165) is 11.3 Å². The molecule has 1 aliphatic heterocycles. The largest absolute Gasteiger partial charge is 0.497 e. The van der Waals surface area contributed by atoms with Crippen molar-refractivity contribution >= 4 is 23.2 Å². The molecule has 0 spiro atoms. The zero-order chi connectivity index (χ0) is 24.6. The van der Waals surface area contributed by atoms with Crippen LogP contribution in [0.15, 0.2) is 55.1 Å². The van der Waals surface area contributed by atoms with Gasteiger partial charge in [-0.2, -0.15) is 5.10 Å². The van der Waals surface area contributed by atoms with Crippen LogP contribution in [0.4, 0.5) is 0 Å². The Morgan fingerprint density at radius 2 is 2.03 bits per heavy atom. The van der Waals surface area contributed by atoms with Crippen LogP contribution in [0.25, 0.3) is 0 Å². The molecule has 0 radical (unpaired) electrons. The fraction of sp³-hybridized carbons (Fsp3) is 0.333. The molecule has 182 valence electrons. The zero-order valence-electron chi connectivity index (χ0n) is 18.0. The number of ether oxygens (including phenoxy) is 4. The number of benzene rings is 2. The molecule has 0 unspecified atom stereocenters. The lowest BCUT2D eigenvalue weighted by Crippen LogP contribution is -2.34. The first-order chi connectivity index (χ1) is 16.3. The van der Waals surface area contributed by atoms with Gasteiger partial charge in [-0.05, 0) is 29.8 Å². The molecule has 34 heavy (non-hydrogen) atoms. The van der Waals surface area contributed by atoms with Crippen molar-refractivity contribution in [3.05, 3.63) is 86.4 Å². The number of hydrogen-bond acceptors (Lipinski definition) is 8. The van der Waals surface area contributed by atoms with Crippen molar-refractivity contribution in [3.8, 4) is 5.75 Å². The average molecular weight is 513 g/mol. The molecule has 13 heteroatoms. The van der Waals surface area contributed by atoms with Gasteiger partial charge in [-0.25, -0.2) is 9.67 Å². The molecule has 0 saturated carbocycles. The standard InChI is InChI=1S/C21H21Cl2N3O4.HNO3/c1-27-17-5-2-15(3-6-17)9-28-10-18-11-29-21(30-18,12-26-14-24-13-25-26)19-7-4-16(22)8-20(19)23;2-1(3)4/h2-8,13-14,18H,9-12H2,1H3;(H,2,3,4)/t18-,21-;/m1./s1. The van der Waals surface area contributed by atoms with Crippen LogP contribution in [0.3, 0.4) is 0 Å². The summed E-state index contributed by atoms with van der Waals surface area (Å²) in [6.07, 6.45) is 2.80. The third-order valence-electron chi connectivity index (χ3n) is 4.77. The maximum Gasteiger partial charge on any atom is 0.291 e. The average Bonchev–Trinajstić information content (AvgIpc) is 3.45. The number of rotatable bonds is 8. The van der Waals surface area contributed by atoms with E-state index in [1.807, 2.05) is 30.3 Å². The van der Waals surface area contributed by atoms with Gasteiger partial charge in [0.05, 0.1) is 32.0 Å². The van der Waals surface area contributed by atoms with Crippen LogP contribution in [0.2, 0.25) is 10.0 Å². The zero-order valence-corrected chi connectivity index (χ0v) is 19.6. The number of nitrogens with zero attached hydrogens (tertiary/aromatic N) is 4. The van der Waals surface area contributed by atoms with Gasteiger partial charge >= 0.3 is 0 Å². The van der Waals surface area contributed by atoms with Gasteiger partial charge in [-0.3, -0.25) is 0 Å². The molecule has 0 bridgehead atoms. The lowest BCUT2D eigenvalue weighted by atomic mass is 10.1. The SMILES string of the molecule is COc1ccc(COC[C@@H]2CO[C@@](Cn3cncn3)(c3ccc(Cl)cc3Cl)O2)cc1.O=[N+]([O-])O. The predicted octanol–water partition coefficient (Wildman–Crippen LogP) is 3.73. The van der Waals surface area contributed by atoms with Gasteiger partial charge in [0.1, 0.15) is 31.1 Å². The van der Waals surface area contributed by atoms with Gasteiger partial charge in [0, 0.05) is 10.6 Å². The Hall–Kier alpha value is -2.96. The highest BCUT2D eigenvalue weighted by Crippen LogP contribution is 2.40. The van der Waals surface area contributed by atoms with Crippen molar-refractivity contribution in [2.24, 2.45) is 0 Å². The van der Waals surface area contributed by atoms with Gasteiger partial charge in [-0.1, -0.05) is 41.4 Å². The quantitative estimate of drug-likeness (QED) is 0.354. The number of aromatic nitrogens is 3. The highest BCUT2D eigenvalue weighted by Gasteiger charge is 2.45. The predicted molar refractivity (Wildman–Crippen MR) is 120 cm³/mol. The Morgan fingerprint density at radius 3 is 2.65 bits per heavy atom. The second-order valence-corrected chi connectivity index (χ2v) is 7.97. The third kappa shape index (κ3) is 7.02. The van der Waals surface area contributed by atoms with E-state index >= 15 is 0 Å². The van der Waals surface area contributed by atoms with Crippen LogP contribution in [-0.2, 0) is 33.1 Å². The highest BCUT2D eigenvalue weighted by molar-refractivity contribution is 6.35. The van der Waals surface area contributed by atoms with Gasteiger partial charge in [0.25, 0.3) is 5.09 Å². The molecule has 3 aromatic rings. The molecule has 11 nitrogen and oxygen atoms in total. The Labute approximate surface area is 204 Å². The molecule has 1 aliphatic rings. The Kier molecular flexibility index (Phi) is 9.02. The van der Waals surface area contributed by atoms with Gasteiger partial charge in [0.2, 0.25) is 5.79 Å². The topological polar surface area (TPSA) is 131 Å². The first-order valence-electron chi connectivity index (χ1n) is 9.95. The highest BCUT2D eigenvalue weighted by atomic mass is 35.5. The Balaban J connectivity index is 0.000000751. The second kappa shape index (κ2) is 12.0. The van der Waals surface area contributed by atoms with E-state index in [4.69, 9.17) is 57.5 Å². The monoisotopic (exact) mass is 512 g/mol. The fourth-order valence-corrected chi connectivity index (χ4v) is 3.86. The molecule has 1 saturated heterocycles. The summed E-state index contributed by atoms with van der Waals surface area (Å²) in [5.74, 6) is -0.298. The van der Waals surface area contributed by atoms with Gasteiger partial charge < -0.3 is 24.2 Å². The second-order valence-electron chi connectivity index (χ2n) is 7.12. The number of methoxy groups -OCH3 is 1. The van der Waals surface area contributed by atoms with E-state index < -0.39 is 10.9 Å². The summed E-state index contributed by atoms with van der Waals surface area (Å²) in [4.78, 5) is 12.4. The first-order valence-corrected chi connectivity index (χ1v) is 10.7. The van der Waals surface area contributed by atoms with E-state index in [0.29, 0.717) is 42.0 Å². The van der Waals surface area contributed by atoms with Crippen molar-refractivity contribution in [1.29, 1.82) is 0 Å². The van der Waals surface area contributed by atoms with Crippen molar-refractivity contribution < 1.29 is 29.2 Å². The minimum atomic E-state index is -1.50. The number of halogens is 2. The van der Waals surface area contributed by atoms with Crippen LogP contribution in [0.5, 0.6) is 5.75 Å². The molecule has 2 atom stereocenters. The van der Waals surface area contributed by atoms with Crippen LogP contribution in [0, 0.1) is 10.1 Å². The molecule has 0 amide bonds. The minimum absolute atomic E-state index is 0.265. The molecular weight excluding hydrogens is 491 g/mol. The van der Waals surface area contributed by atoms with Crippen LogP contribution in [-0.4, -0.2) is 51.5 Å². The van der Waals surface area contributed by atoms with Crippen molar-refractivity contribution in [1.82, 2.24) is 14.8 Å². The maximum absolute atomic E-state index is 8.36. The summed E-state index contributed by atoms with van der Waals surface area (Å²) in [6, 6.07) is 13.0. The summed E-state index contributed by atoms with van der Waals surface area (Å²) in [5, 5.41) is 18.8. The van der Waals surface area contributed by atoms with Crippen molar-refractivity contribution in [2.45, 2.75) is 25.0 Å². The van der Waals surface area contributed by atoms with E-state index in [1.54, 1.807) is 30.3 Å². The maximum atomic E-state index is 8.36. The fourth-order valence-electron chi connectivity index (χ4n) is 3.31. The normalized spacial score (nSPS) is 19.3. The summed E-state index contributed by atoms with van der Waals surface area (Å²) < 4.78 is 25.1. The van der Waals surface area contributed by atoms with E-state index in [2.05, 4.69) is 10.1 Å². The smallest absolute Gasteiger partial charge is 0.291 e. The van der Waals surface area contributed by atoms with Gasteiger partial charge in [0.15, 0.2) is 0 Å². The first kappa shape index (κ1) is 25.7. The summed E-state index contributed by atoms with van der Waals surface area (Å²) in [5.41, 5.74) is 1.73. The van der Waals surface area contributed by atoms with Crippen LogP contribution < -0.4 is 4.74 Å². The van der Waals surface area contributed by atoms with Crippen molar-refractivity contribution in [2.75, 3.05) is 20.3 Å². The molecular formula is C21H22Cl2N4O7. The summed E-state index contributed by atoms with van der Waals surface area (Å²) in [6.45, 7) is 1.48. The molecule has 1 N–H and O–H groups in total. The van der Waals surface area contributed by atoms with Crippen LogP contribution >= 0.6 is 23.2 Å². The number of hydrogen-bond donors (Lipinski definition) is 1. The molecule has 2 heterocycles. The lowest BCUT2D eigenvalue weighted by Gasteiger charge is -2.29. The Bertz CT molecular complexity index is 1070. The molecule has 1 aromatic heterocycles. The summed E-state index contributed by atoms with van der Waals surface area (Å²) >= 11 is 12.5. The Morgan fingerprint density at radius 1 is 1.29 bits per heavy atom. The molecule has 0 aliphatic carbocycles.